The molecule has 0 spiro atoms. The lowest BCUT2D eigenvalue weighted by atomic mass is 9.91. The van der Waals surface area contributed by atoms with E-state index in [0.717, 1.165) is 5.56 Å². The van der Waals surface area contributed by atoms with Gasteiger partial charge in [-0.1, -0.05) is 30.3 Å². The molecule has 1 heterocycles. The molecule has 1 aromatic carbocycles. The zero-order chi connectivity index (χ0) is 18.5. The molecule has 6 heteroatoms. The van der Waals surface area contributed by atoms with Gasteiger partial charge in [0.1, 0.15) is 5.60 Å². The quantitative estimate of drug-likeness (QED) is 0.781. The molecule has 0 aliphatic carbocycles. The van der Waals surface area contributed by atoms with Crippen LogP contribution >= 0.6 is 0 Å². The van der Waals surface area contributed by atoms with Crippen molar-refractivity contribution in [3.8, 4) is 0 Å². The predicted molar refractivity (Wildman–Crippen MR) is 93.0 cm³/mol. The number of benzene rings is 1. The molecule has 25 heavy (non-hydrogen) atoms. The van der Waals surface area contributed by atoms with Crippen molar-refractivity contribution < 1.29 is 23.8 Å². The lowest BCUT2D eigenvalue weighted by molar-refractivity contribution is -0.178. The predicted octanol–water partition coefficient (Wildman–Crippen LogP) is 3.15. The van der Waals surface area contributed by atoms with Gasteiger partial charge in [-0.2, -0.15) is 0 Å². The minimum atomic E-state index is -1.02. The molecule has 1 amide bonds. The van der Waals surface area contributed by atoms with E-state index in [0.29, 0.717) is 32.5 Å². The summed E-state index contributed by atoms with van der Waals surface area (Å²) < 4.78 is 16.3. The van der Waals surface area contributed by atoms with Crippen molar-refractivity contribution in [2.45, 2.75) is 51.4 Å². The van der Waals surface area contributed by atoms with E-state index in [1.54, 1.807) is 4.90 Å². The third kappa shape index (κ3) is 5.19. The van der Waals surface area contributed by atoms with Crippen LogP contribution in [0.3, 0.4) is 0 Å². The minimum Gasteiger partial charge on any atom is -0.467 e. The number of hydrogen-bond acceptors (Lipinski definition) is 5. The molecule has 138 valence electrons. The maximum absolute atomic E-state index is 12.3. The first-order valence-electron chi connectivity index (χ1n) is 8.50. The van der Waals surface area contributed by atoms with Crippen LogP contribution in [0.4, 0.5) is 4.79 Å². The first kappa shape index (κ1) is 19.2. The van der Waals surface area contributed by atoms with Gasteiger partial charge in [-0.15, -0.1) is 0 Å². The summed E-state index contributed by atoms with van der Waals surface area (Å²) in [5, 5.41) is 0. The van der Waals surface area contributed by atoms with Crippen molar-refractivity contribution in [1.82, 2.24) is 4.90 Å². The zero-order valence-corrected chi connectivity index (χ0v) is 15.4. The highest BCUT2D eigenvalue weighted by Crippen LogP contribution is 2.30. The van der Waals surface area contributed by atoms with Crippen molar-refractivity contribution in [1.29, 1.82) is 0 Å². The fourth-order valence-corrected chi connectivity index (χ4v) is 2.77. The fraction of sp³-hybridized carbons (Fsp3) is 0.579. The van der Waals surface area contributed by atoms with Crippen LogP contribution in [0, 0.1) is 0 Å². The summed E-state index contributed by atoms with van der Waals surface area (Å²) in [4.78, 5) is 26.1. The number of esters is 1. The van der Waals surface area contributed by atoms with Gasteiger partial charge in [0.05, 0.1) is 13.7 Å². The molecule has 1 aromatic rings. The largest absolute Gasteiger partial charge is 0.467 e. The molecular formula is C19H27NO5. The number of carbonyl (C=O) groups is 2. The molecule has 0 unspecified atom stereocenters. The number of likely N-dealkylation sites (tertiary alicyclic amines) is 1. The molecule has 2 rings (SSSR count). The summed E-state index contributed by atoms with van der Waals surface area (Å²) in [7, 11) is 1.36. The van der Waals surface area contributed by atoms with Crippen LogP contribution in [0.25, 0.3) is 0 Å². The lowest BCUT2D eigenvalue weighted by Crippen LogP contribution is -2.53. The molecule has 0 saturated carbocycles. The van der Waals surface area contributed by atoms with E-state index in [1.165, 1.54) is 7.11 Å². The summed E-state index contributed by atoms with van der Waals surface area (Å²) in [5.74, 6) is -0.396. The summed E-state index contributed by atoms with van der Waals surface area (Å²) in [6.07, 6.45) is 0.395. The second-order valence-electron chi connectivity index (χ2n) is 7.23. The number of carbonyl (C=O) groups excluding carboxylic acids is 2. The van der Waals surface area contributed by atoms with Gasteiger partial charge in [0, 0.05) is 25.9 Å². The fourth-order valence-electron chi connectivity index (χ4n) is 2.77. The lowest BCUT2D eigenvalue weighted by Gasteiger charge is -2.39. The van der Waals surface area contributed by atoms with Crippen molar-refractivity contribution in [2.75, 3.05) is 20.2 Å². The van der Waals surface area contributed by atoms with E-state index >= 15 is 0 Å². The van der Waals surface area contributed by atoms with Gasteiger partial charge in [0.25, 0.3) is 0 Å². The van der Waals surface area contributed by atoms with Gasteiger partial charge in [-0.25, -0.2) is 9.59 Å². The Morgan fingerprint density at radius 2 is 1.72 bits per heavy atom. The molecule has 1 fully saturated rings. The number of amides is 1. The Balaban J connectivity index is 2.00. The molecule has 1 aliphatic rings. The SMILES string of the molecule is COC(=O)C1(OCc2ccccc2)CCN(C(=O)OC(C)(C)C)CC1. The Hall–Kier alpha value is -2.08. The second kappa shape index (κ2) is 7.87. The van der Waals surface area contributed by atoms with Gasteiger partial charge in [-0.3, -0.25) is 0 Å². The van der Waals surface area contributed by atoms with Crippen LogP contribution in [0.15, 0.2) is 30.3 Å². The number of methoxy groups -OCH3 is 1. The van der Waals surface area contributed by atoms with E-state index in [9.17, 15) is 9.59 Å². The molecular weight excluding hydrogens is 322 g/mol. The number of ether oxygens (including phenoxy) is 3. The summed E-state index contributed by atoms with van der Waals surface area (Å²) >= 11 is 0. The normalized spacial score (nSPS) is 17.0. The molecule has 0 radical (unpaired) electrons. The van der Waals surface area contributed by atoms with Crippen LogP contribution < -0.4 is 0 Å². The van der Waals surface area contributed by atoms with E-state index < -0.39 is 17.2 Å². The van der Waals surface area contributed by atoms with Gasteiger partial charge < -0.3 is 19.1 Å². The van der Waals surface area contributed by atoms with Gasteiger partial charge in [0.15, 0.2) is 5.60 Å². The third-order valence-electron chi connectivity index (χ3n) is 4.14. The Bertz CT molecular complexity index is 586. The molecule has 0 bridgehead atoms. The van der Waals surface area contributed by atoms with Crippen molar-refractivity contribution in [2.24, 2.45) is 0 Å². The molecule has 6 nitrogen and oxygen atoms in total. The Kier molecular flexibility index (Phi) is 6.06. The average Bonchev–Trinajstić information content (AvgIpc) is 2.59. The standard InChI is InChI=1S/C19H27NO5/c1-18(2,3)25-17(22)20-12-10-19(11-13-20,16(21)23-4)24-14-15-8-6-5-7-9-15/h5-9H,10-14H2,1-4H3. The van der Waals surface area contributed by atoms with Gasteiger partial charge in [-0.05, 0) is 26.3 Å². The van der Waals surface area contributed by atoms with E-state index in [4.69, 9.17) is 14.2 Å². The summed E-state index contributed by atoms with van der Waals surface area (Å²) in [6, 6.07) is 9.67. The summed E-state index contributed by atoms with van der Waals surface area (Å²) in [5.41, 5.74) is -0.582. The highest BCUT2D eigenvalue weighted by molar-refractivity contribution is 5.80. The molecule has 0 atom stereocenters. The van der Waals surface area contributed by atoms with Crippen molar-refractivity contribution in [3.05, 3.63) is 35.9 Å². The average molecular weight is 349 g/mol. The highest BCUT2D eigenvalue weighted by Gasteiger charge is 2.45. The minimum absolute atomic E-state index is 0.322. The van der Waals surface area contributed by atoms with Crippen LogP contribution in [0.2, 0.25) is 0 Å². The highest BCUT2D eigenvalue weighted by atomic mass is 16.6. The first-order valence-corrected chi connectivity index (χ1v) is 8.50. The van der Waals surface area contributed by atoms with Gasteiger partial charge >= 0.3 is 12.1 Å². The van der Waals surface area contributed by atoms with Crippen molar-refractivity contribution in [3.63, 3.8) is 0 Å². The Morgan fingerprint density at radius 3 is 2.24 bits per heavy atom. The van der Waals surface area contributed by atoms with Crippen LogP contribution in [0.5, 0.6) is 0 Å². The molecule has 0 aromatic heterocycles. The topological polar surface area (TPSA) is 65.1 Å². The zero-order valence-electron chi connectivity index (χ0n) is 15.4. The van der Waals surface area contributed by atoms with Crippen molar-refractivity contribution >= 4 is 12.1 Å². The monoisotopic (exact) mass is 349 g/mol. The second-order valence-corrected chi connectivity index (χ2v) is 7.23. The first-order chi connectivity index (χ1) is 11.8. The number of piperidine rings is 1. The maximum atomic E-state index is 12.3. The van der Waals surface area contributed by atoms with Crippen LogP contribution in [0.1, 0.15) is 39.2 Å². The third-order valence-corrected chi connectivity index (χ3v) is 4.14. The van der Waals surface area contributed by atoms with E-state index in [-0.39, 0.29) is 6.09 Å². The molecule has 0 N–H and O–H groups in total. The smallest absolute Gasteiger partial charge is 0.410 e. The van der Waals surface area contributed by atoms with Gasteiger partial charge in [0.2, 0.25) is 0 Å². The number of rotatable bonds is 4. The van der Waals surface area contributed by atoms with E-state index in [1.807, 2.05) is 51.1 Å². The number of nitrogens with zero attached hydrogens (tertiary/aromatic N) is 1. The van der Waals surface area contributed by atoms with Crippen LogP contribution in [-0.4, -0.2) is 48.4 Å². The van der Waals surface area contributed by atoms with Crippen LogP contribution in [-0.2, 0) is 25.6 Å². The Morgan fingerprint density at radius 1 is 1.12 bits per heavy atom. The molecule has 1 saturated heterocycles. The Labute approximate surface area is 149 Å². The molecule has 1 aliphatic heterocycles. The number of hydrogen-bond donors (Lipinski definition) is 0. The summed E-state index contributed by atoms with van der Waals surface area (Å²) in [6.45, 7) is 6.59. The van der Waals surface area contributed by atoms with E-state index in [2.05, 4.69) is 0 Å². The maximum Gasteiger partial charge on any atom is 0.410 e.